The maximum absolute atomic E-state index is 13.7. The first kappa shape index (κ1) is 30.3. The van der Waals surface area contributed by atoms with Crippen LogP contribution in [0.15, 0.2) is 77.9 Å². The highest BCUT2D eigenvalue weighted by Gasteiger charge is 2.38. The second-order valence-corrected chi connectivity index (χ2v) is 10.4. The molecule has 0 aliphatic carbocycles. The smallest absolute Gasteiger partial charge is 0.490 e. The number of aromatic nitrogens is 6. The van der Waals surface area contributed by atoms with Gasteiger partial charge in [-0.05, 0) is 61.6 Å². The van der Waals surface area contributed by atoms with E-state index in [0.717, 1.165) is 31.9 Å². The molecule has 1 fully saturated rings. The van der Waals surface area contributed by atoms with E-state index in [-0.39, 0.29) is 22.3 Å². The minimum Gasteiger partial charge on any atom is -0.508 e. The first-order valence-electron chi connectivity index (χ1n) is 13.9. The minimum atomic E-state index is -5.08. The van der Waals surface area contributed by atoms with Gasteiger partial charge in [-0.2, -0.15) is 22.7 Å². The zero-order valence-corrected chi connectivity index (χ0v) is 24.2. The summed E-state index contributed by atoms with van der Waals surface area (Å²) in [6.45, 7) is 4.10. The van der Waals surface area contributed by atoms with Crippen molar-refractivity contribution in [3.8, 4) is 11.6 Å². The number of carbonyl (C=O) groups is 1. The third-order valence-electron chi connectivity index (χ3n) is 7.35. The van der Waals surface area contributed by atoms with Crippen molar-refractivity contribution in [2.75, 3.05) is 43.4 Å². The predicted molar refractivity (Wildman–Crippen MR) is 164 cm³/mol. The minimum absolute atomic E-state index is 0.0718. The highest BCUT2D eigenvalue weighted by atomic mass is 19.4. The lowest BCUT2D eigenvalue weighted by atomic mass is 10.2. The molecule has 16 heteroatoms. The van der Waals surface area contributed by atoms with Gasteiger partial charge in [0.2, 0.25) is 5.95 Å². The van der Waals surface area contributed by atoms with Crippen molar-refractivity contribution in [3.63, 3.8) is 0 Å². The fourth-order valence-corrected chi connectivity index (χ4v) is 5.04. The van der Waals surface area contributed by atoms with Crippen molar-refractivity contribution in [1.29, 1.82) is 0 Å². The fourth-order valence-electron chi connectivity index (χ4n) is 5.04. The van der Waals surface area contributed by atoms with Gasteiger partial charge in [-0.3, -0.25) is 4.79 Å². The number of hydrogen-bond donors (Lipinski definition) is 3. The van der Waals surface area contributed by atoms with Gasteiger partial charge in [0.05, 0.1) is 5.52 Å². The Kier molecular flexibility index (Phi) is 7.87. The molecule has 0 spiro atoms. The van der Waals surface area contributed by atoms with Gasteiger partial charge in [-0.1, -0.05) is 6.07 Å². The number of carboxylic acid groups (broad SMARTS) is 1. The Morgan fingerprint density at radius 3 is 2.30 bits per heavy atom. The van der Waals surface area contributed by atoms with Gasteiger partial charge in [0.1, 0.15) is 11.1 Å². The number of likely N-dealkylation sites (N-methyl/N-ethyl adjacent to an activating group) is 1. The molecule has 236 valence electrons. The van der Waals surface area contributed by atoms with Gasteiger partial charge >= 0.3 is 12.1 Å². The molecule has 0 bridgehead atoms. The topological polar surface area (TPSA) is 154 Å². The Labute approximate surface area is 257 Å². The number of aromatic hydroxyl groups is 1. The average molecular weight is 634 g/mol. The van der Waals surface area contributed by atoms with Crippen LogP contribution >= 0.6 is 0 Å². The van der Waals surface area contributed by atoms with E-state index in [1.165, 1.54) is 16.4 Å². The lowest BCUT2D eigenvalue weighted by molar-refractivity contribution is -0.192. The fraction of sp³-hybridized carbons (Fsp3) is 0.200. The van der Waals surface area contributed by atoms with Crippen LogP contribution in [0.25, 0.3) is 33.4 Å². The van der Waals surface area contributed by atoms with Gasteiger partial charge in [-0.25, -0.2) is 24.4 Å². The van der Waals surface area contributed by atoms with E-state index in [1.54, 1.807) is 35.1 Å². The van der Waals surface area contributed by atoms with Crippen LogP contribution in [0.4, 0.5) is 30.5 Å². The number of nitrogens with one attached hydrogen (secondary N) is 1. The lowest BCUT2D eigenvalue weighted by Gasteiger charge is -2.34. The second kappa shape index (κ2) is 12.0. The number of pyridine rings is 1. The summed E-state index contributed by atoms with van der Waals surface area (Å²) in [4.78, 5) is 45.5. The zero-order chi connectivity index (χ0) is 32.6. The van der Waals surface area contributed by atoms with Crippen molar-refractivity contribution >= 4 is 50.9 Å². The summed E-state index contributed by atoms with van der Waals surface area (Å²) in [5.74, 6) is -1.80. The van der Waals surface area contributed by atoms with Crippen LogP contribution in [-0.2, 0) is 4.79 Å². The molecule has 0 unspecified atom stereocenters. The van der Waals surface area contributed by atoms with Crippen LogP contribution in [0.1, 0.15) is 0 Å². The third kappa shape index (κ3) is 5.97. The van der Waals surface area contributed by atoms with Gasteiger partial charge in [0.25, 0.3) is 5.56 Å². The van der Waals surface area contributed by atoms with E-state index >= 15 is 0 Å². The molecule has 0 radical (unpaired) electrons. The molecule has 2 aromatic carbocycles. The van der Waals surface area contributed by atoms with E-state index in [0.29, 0.717) is 28.3 Å². The number of phenols is 1. The molecule has 0 saturated carbocycles. The number of rotatable bonds is 4. The van der Waals surface area contributed by atoms with Crippen LogP contribution in [0.5, 0.6) is 5.75 Å². The molecule has 13 nitrogen and oxygen atoms in total. The highest BCUT2D eigenvalue weighted by Crippen LogP contribution is 2.28. The van der Waals surface area contributed by atoms with Crippen molar-refractivity contribution in [3.05, 3.63) is 83.4 Å². The van der Waals surface area contributed by atoms with Crippen molar-refractivity contribution in [2.45, 2.75) is 6.18 Å². The average Bonchev–Trinajstić information content (AvgIpc) is 3.35. The van der Waals surface area contributed by atoms with Gasteiger partial charge in [0, 0.05) is 55.3 Å². The number of fused-ring (bicyclic) bond motifs is 4. The molecule has 0 atom stereocenters. The molecule has 7 rings (SSSR count). The molecule has 4 aromatic heterocycles. The van der Waals surface area contributed by atoms with Gasteiger partial charge < -0.3 is 25.3 Å². The second-order valence-electron chi connectivity index (χ2n) is 10.4. The summed E-state index contributed by atoms with van der Waals surface area (Å²) in [7, 11) is 2.14. The lowest BCUT2D eigenvalue weighted by Crippen LogP contribution is -2.44. The number of carboxylic acids is 1. The summed E-state index contributed by atoms with van der Waals surface area (Å²) in [6, 6.07) is 18.5. The zero-order valence-electron chi connectivity index (χ0n) is 24.2. The molecule has 3 N–H and O–H groups in total. The Morgan fingerprint density at radius 1 is 0.935 bits per heavy atom. The monoisotopic (exact) mass is 633 g/mol. The Hall–Kier alpha value is -5.77. The van der Waals surface area contributed by atoms with Gasteiger partial charge in [-0.15, -0.1) is 0 Å². The van der Waals surface area contributed by atoms with E-state index in [4.69, 9.17) is 14.9 Å². The first-order valence-corrected chi connectivity index (χ1v) is 13.9. The summed E-state index contributed by atoms with van der Waals surface area (Å²) in [6.07, 6.45) is -1.94. The Morgan fingerprint density at radius 2 is 1.65 bits per heavy atom. The highest BCUT2D eigenvalue weighted by molar-refractivity contribution is 5.96. The quantitative estimate of drug-likeness (QED) is 0.260. The van der Waals surface area contributed by atoms with Crippen LogP contribution in [0.3, 0.4) is 0 Å². The number of nitrogens with zero attached hydrogens (tertiary/aromatic N) is 8. The van der Waals surface area contributed by atoms with E-state index in [9.17, 15) is 23.1 Å². The number of phenolic OH excluding ortho intramolecular Hbond substituents is 1. The van der Waals surface area contributed by atoms with E-state index < -0.39 is 12.1 Å². The third-order valence-corrected chi connectivity index (χ3v) is 7.35. The molecular formula is C30H26F3N9O4. The predicted octanol–water partition coefficient (Wildman–Crippen LogP) is 3.81. The Balaban J connectivity index is 0.000000480. The number of benzene rings is 2. The molecule has 1 aliphatic rings. The van der Waals surface area contributed by atoms with Crippen LogP contribution in [-0.4, -0.2) is 89.6 Å². The SMILES string of the molecule is CN1CCN(c2ccc(Nc3ncc4c(=O)n5c(nc4n3)c3cc(O)ccc3n5-c3ccccn3)cc2)CC1.O=C(O)C(F)(F)F. The van der Waals surface area contributed by atoms with Crippen LogP contribution < -0.4 is 15.8 Å². The van der Waals surface area contributed by atoms with Crippen molar-refractivity contribution in [1.82, 2.24) is 34.0 Å². The van der Waals surface area contributed by atoms with Crippen LogP contribution in [0.2, 0.25) is 0 Å². The molecule has 1 aliphatic heterocycles. The number of piperazine rings is 1. The normalized spacial score (nSPS) is 14.0. The maximum atomic E-state index is 13.7. The van der Waals surface area contributed by atoms with Crippen LogP contribution in [0, 0.1) is 0 Å². The number of hydrogen-bond acceptors (Lipinski definition) is 10. The largest absolute Gasteiger partial charge is 0.508 e. The summed E-state index contributed by atoms with van der Waals surface area (Å²) < 4.78 is 34.9. The molecule has 46 heavy (non-hydrogen) atoms. The van der Waals surface area contributed by atoms with Crippen molar-refractivity contribution < 1.29 is 28.2 Å². The molecule has 5 heterocycles. The first-order chi connectivity index (χ1) is 22.0. The van der Waals surface area contributed by atoms with Gasteiger partial charge in [0.15, 0.2) is 17.1 Å². The summed E-state index contributed by atoms with van der Waals surface area (Å²) in [5, 5.41) is 21.4. The molecule has 0 amide bonds. The summed E-state index contributed by atoms with van der Waals surface area (Å²) >= 11 is 0. The standard InChI is InChI=1S/C28H25N9O2.C2HF3O2/c1-34-12-14-35(15-13-34)19-7-5-18(6-8-19)31-28-30-17-22-25(33-28)32-26-21-16-20(38)9-10-23(21)36(37(26)27(22)39)24-4-2-3-11-29-24;3-2(4,5)1(6)7/h2-11,16-17,38H,12-15H2,1H3,(H,30,31,33);(H,6,7). The summed E-state index contributed by atoms with van der Waals surface area (Å²) in [5.41, 5.74) is 2.98. The molecule has 1 saturated heterocycles. The van der Waals surface area contributed by atoms with Crippen molar-refractivity contribution in [2.24, 2.45) is 0 Å². The molecule has 6 aromatic rings. The number of aliphatic carboxylic acids is 1. The van der Waals surface area contributed by atoms with E-state index in [2.05, 4.69) is 49.2 Å². The number of alkyl halides is 3. The molecular weight excluding hydrogens is 607 g/mol. The Bertz CT molecular complexity index is 2110. The van der Waals surface area contributed by atoms with E-state index in [1.807, 2.05) is 24.3 Å². The number of anilines is 3. The maximum Gasteiger partial charge on any atom is 0.490 e. The number of halogens is 3.